The van der Waals surface area contributed by atoms with E-state index in [1.807, 2.05) is 36.7 Å². The van der Waals surface area contributed by atoms with Crippen molar-refractivity contribution >= 4 is 38.9 Å². The highest BCUT2D eigenvalue weighted by Gasteiger charge is 2.41. The van der Waals surface area contributed by atoms with Gasteiger partial charge in [-0.15, -0.1) is 0 Å². The largest absolute Gasteiger partial charge is 0.363 e. The molecule has 0 bridgehead atoms. The summed E-state index contributed by atoms with van der Waals surface area (Å²) in [6.45, 7) is 2.08. The predicted octanol–water partition coefficient (Wildman–Crippen LogP) is 4.66. The Kier molecular flexibility index (Phi) is 4.31. The minimum absolute atomic E-state index is 0.0120. The van der Waals surface area contributed by atoms with Crippen LogP contribution in [0.2, 0.25) is 0 Å². The van der Waals surface area contributed by atoms with Crippen LogP contribution in [0, 0.1) is 6.92 Å². The number of benzene rings is 1. The highest BCUT2D eigenvalue weighted by molar-refractivity contribution is 9.10. The van der Waals surface area contributed by atoms with Crippen molar-refractivity contribution in [1.29, 1.82) is 0 Å². The van der Waals surface area contributed by atoms with Gasteiger partial charge in [-0.3, -0.25) is 4.98 Å². The topological polar surface area (TPSA) is 44.0 Å². The van der Waals surface area contributed by atoms with Crippen LogP contribution in [0.25, 0.3) is 0 Å². The second-order valence-corrected chi connectivity index (χ2v) is 7.30. The number of nitrogens with zero attached hydrogens (tertiary/aromatic N) is 2. The Morgan fingerprint density at radius 2 is 2.04 bits per heavy atom. The van der Waals surface area contributed by atoms with Crippen LogP contribution >= 0.6 is 28.1 Å². The Labute approximate surface area is 160 Å². The van der Waals surface area contributed by atoms with Crippen LogP contribution in [0.15, 0.2) is 65.4 Å². The highest BCUT2D eigenvalue weighted by Crippen LogP contribution is 2.41. The monoisotopic (exact) mass is 412 g/mol. The normalized spacial score (nSPS) is 19.9. The average molecular weight is 413 g/mol. The number of aryl methyl sites for hydroxylation is 1. The molecule has 1 aromatic carbocycles. The lowest BCUT2D eigenvalue weighted by Crippen LogP contribution is -2.29. The molecule has 0 amide bonds. The second kappa shape index (κ2) is 6.61. The number of nitrogens with one attached hydrogen (secondary N) is 2. The molecular formula is C19H17BrN4S. The molecule has 1 aliphatic rings. The number of thiocarbonyl (C=S) groups is 1. The Morgan fingerprint density at radius 1 is 1.16 bits per heavy atom. The zero-order chi connectivity index (χ0) is 17.4. The van der Waals surface area contributed by atoms with Gasteiger partial charge in [-0.2, -0.15) is 0 Å². The number of hydrogen-bond acceptors (Lipinski definition) is 2. The van der Waals surface area contributed by atoms with Crippen molar-refractivity contribution in [2.75, 3.05) is 4.90 Å². The molecule has 1 aliphatic heterocycles. The molecule has 25 heavy (non-hydrogen) atoms. The molecule has 1 fully saturated rings. The summed E-state index contributed by atoms with van der Waals surface area (Å²) in [5, 5.41) is 4.16. The summed E-state index contributed by atoms with van der Waals surface area (Å²) < 4.78 is 1.09. The summed E-state index contributed by atoms with van der Waals surface area (Å²) in [5.74, 6) is 0. The highest BCUT2D eigenvalue weighted by atomic mass is 79.9. The SMILES string of the molecule is Cc1cc(N2C(=S)N[C@@H](c3ccccn3)[C@H]2c2ccc[nH]2)ccc1Br. The summed E-state index contributed by atoms with van der Waals surface area (Å²) in [5.41, 5.74) is 4.31. The van der Waals surface area contributed by atoms with E-state index in [0.717, 1.165) is 21.5 Å². The fraction of sp³-hybridized carbons (Fsp3) is 0.158. The molecule has 0 saturated carbocycles. The quantitative estimate of drug-likeness (QED) is 0.614. The number of rotatable bonds is 3. The molecule has 3 heterocycles. The second-order valence-electron chi connectivity index (χ2n) is 6.06. The molecule has 4 rings (SSSR count). The van der Waals surface area contributed by atoms with Crippen LogP contribution in [-0.2, 0) is 0 Å². The maximum atomic E-state index is 5.69. The van der Waals surface area contributed by atoms with E-state index in [1.54, 1.807) is 0 Å². The first-order valence-corrected chi connectivity index (χ1v) is 9.25. The predicted molar refractivity (Wildman–Crippen MR) is 108 cm³/mol. The van der Waals surface area contributed by atoms with E-state index in [2.05, 4.69) is 67.3 Å². The molecule has 1 saturated heterocycles. The van der Waals surface area contributed by atoms with Gasteiger partial charge < -0.3 is 15.2 Å². The van der Waals surface area contributed by atoms with Crippen molar-refractivity contribution in [3.63, 3.8) is 0 Å². The number of anilines is 1. The molecule has 0 unspecified atom stereocenters. The lowest BCUT2D eigenvalue weighted by atomic mass is 10.0. The molecule has 0 aliphatic carbocycles. The number of H-pyrrole nitrogens is 1. The summed E-state index contributed by atoms with van der Waals surface area (Å²) in [6, 6.07) is 16.4. The molecule has 126 valence electrons. The molecule has 2 aromatic heterocycles. The van der Waals surface area contributed by atoms with Crippen LogP contribution in [0.5, 0.6) is 0 Å². The molecule has 0 radical (unpaired) electrons. The Balaban J connectivity index is 1.82. The van der Waals surface area contributed by atoms with Gasteiger partial charge in [0.25, 0.3) is 0 Å². The van der Waals surface area contributed by atoms with Gasteiger partial charge in [-0.05, 0) is 67.2 Å². The molecule has 0 spiro atoms. The number of halogens is 1. The first-order valence-electron chi connectivity index (χ1n) is 8.05. The van der Waals surface area contributed by atoms with Crippen molar-refractivity contribution in [2.45, 2.75) is 19.0 Å². The van der Waals surface area contributed by atoms with Gasteiger partial charge in [-0.1, -0.05) is 22.0 Å². The van der Waals surface area contributed by atoms with E-state index in [1.165, 1.54) is 5.56 Å². The van der Waals surface area contributed by atoms with Gasteiger partial charge in [0, 0.05) is 28.2 Å². The molecule has 2 atom stereocenters. The summed E-state index contributed by atoms with van der Waals surface area (Å²) >= 11 is 9.26. The zero-order valence-electron chi connectivity index (χ0n) is 13.6. The molecule has 2 N–H and O–H groups in total. The maximum Gasteiger partial charge on any atom is 0.174 e. The summed E-state index contributed by atoms with van der Waals surface area (Å²) in [6.07, 6.45) is 3.76. The van der Waals surface area contributed by atoms with Gasteiger partial charge in [-0.25, -0.2) is 0 Å². The summed E-state index contributed by atoms with van der Waals surface area (Å²) in [7, 11) is 0. The standard InChI is InChI=1S/C19H17BrN4S/c1-12-11-13(7-8-14(12)20)24-18(16-6-4-10-22-16)17(23-19(24)25)15-5-2-3-9-21-15/h2-11,17-18,22H,1H3,(H,23,25)/t17-,18+/m0/s1. The van der Waals surface area contributed by atoms with Crippen LogP contribution in [0.1, 0.15) is 29.0 Å². The number of pyridine rings is 1. The van der Waals surface area contributed by atoms with E-state index in [-0.39, 0.29) is 12.1 Å². The molecule has 6 heteroatoms. The fourth-order valence-electron chi connectivity index (χ4n) is 3.26. The Morgan fingerprint density at radius 3 is 2.72 bits per heavy atom. The van der Waals surface area contributed by atoms with Crippen LogP contribution in [-0.4, -0.2) is 15.1 Å². The molecule has 4 nitrogen and oxygen atoms in total. The van der Waals surface area contributed by atoms with Gasteiger partial charge in [0.15, 0.2) is 5.11 Å². The minimum atomic E-state index is -0.0173. The van der Waals surface area contributed by atoms with Crippen molar-refractivity contribution in [3.8, 4) is 0 Å². The van der Waals surface area contributed by atoms with Gasteiger partial charge in [0.2, 0.25) is 0 Å². The van der Waals surface area contributed by atoms with E-state index in [9.17, 15) is 0 Å². The minimum Gasteiger partial charge on any atom is -0.363 e. The Hall–Kier alpha value is -2.18. The average Bonchev–Trinajstić information content (AvgIpc) is 3.25. The number of aromatic nitrogens is 2. The van der Waals surface area contributed by atoms with E-state index in [4.69, 9.17) is 12.2 Å². The van der Waals surface area contributed by atoms with Crippen molar-refractivity contribution < 1.29 is 0 Å². The van der Waals surface area contributed by atoms with E-state index < -0.39 is 0 Å². The first kappa shape index (κ1) is 16.3. The Bertz CT molecular complexity index is 895. The lowest BCUT2D eigenvalue weighted by molar-refractivity contribution is 0.558. The number of aromatic amines is 1. The van der Waals surface area contributed by atoms with Crippen molar-refractivity contribution in [2.24, 2.45) is 0 Å². The van der Waals surface area contributed by atoms with Crippen LogP contribution < -0.4 is 10.2 Å². The van der Waals surface area contributed by atoms with Crippen molar-refractivity contribution in [3.05, 3.63) is 82.3 Å². The van der Waals surface area contributed by atoms with Gasteiger partial charge in [0.05, 0.1) is 11.7 Å². The van der Waals surface area contributed by atoms with E-state index >= 15 is 0 Å². The third-order valence-corrected chi connectivity index (χ3v) is 5.66. The van der Waals surface area contributed by atoms with Gasteiger partial charge in [0.1, 0.15) is 6.04 Å². The first-order chi connectivity index (χ1) is 12.1. The molecular weight excluding hydrogens is 396 g/mol. The lowest BCUT2D eigenvalue weighted by Gasteiger charge is -2.27. The summed E-state index contributed by atoms with van der Waals surface area (Å²) in [4.78, 5) is 10.1. The number of hydrogen-bond donors (Lipinski definition) is 2. The van der Waals surface area contributed by atoms with Crippen LogP contribution in [0.3, 0.4) is 0 Å². The third-order valence-electron chi connectivity index (χ3n) is 4.46. The smallest absolute Gasteiger partial charge is 0.174 e. The maximum absolute atomic E-state index is 5.69. The zero-order valence-corrected chi connectivity index (χ0v) is 16.0. The van der Waals surface area contributed by atoms with Gasteiger partial charge >= 0.3 is 0 Å². The molecule has 3 aromatic rings. The fourth-order valence-corrected chi connectivity index (χ4v) is 3.85. The van der Waals surface area contributed by atoms with Crippen LogP contribution in [0.4, 0.5) is 5.69 Å². The van der Waals surface area contributed by atoms with E-state index in [0.29, 0.717) is 5.11 Å². The van der Waals surface area contributed by atoms with Crippen molar-refractivity contribution in [1.82, 2.24) is 15.3 Å². The third kappa shape index (κ3) is 2.96.